The smallest absolute Gasteiger partial charge is 0.140 e. The van der Waals surface area contributed by atoms with Crippen LogP contribution in [0.1, 0.15) is 5.56 Å². The molecular formula is C12H10N2O. The van der Waals surface area contributed by atoms with Gasteiger partial charge in [0, 0.05) is 17.4 Å². The lowest BCUT2D eigenvalue weighted by Gasteiger charge is -2.15. The van der Waals surface area contributed by atoms with Crippen molar-refractivity contribution in [1.29, 1.82) is 0 Å². The summed E-state index contributed by atoms with van der Waals surface area (Å²) in [6.07, 6.45) is 5.79. The third-order valence-electron chi connectivity index (χ3n) is 2.53. The minimum Gasteiger partial charge on any atom is -0.488 e. The summed E-state index contributed by atoms with van der Waals surface area (Å²) in [4.78, 5) is 4.34. The maximum absolute atomic E-state index is 5.94. The SMILES string of the molecule is Nc1cccc2ncc3c(c12)OCC=C3. The van der Waals surface area contributed by atoms with Gasteiger partial charge in [-0.3, -0.25) is 4.98 Å². The molecule has 0 unspecified atom stereocenters. The van der Waals surface area contributed by atoms with Gasteiger partial charge in [0.25, 0.3) is 0 Å². The van der Waals surface area contributed by atoms with Crippen LogP contribution in [0.5, 0.6) is 5.75 Å². The maximum atomic E-state index is 5.94. The van der Waals surface area contributed by atoms with Gasteiger partial charge in [0.05, 0.1) is 10.9 Å². The predicted molar refractivity (Wildman–Crippen MR) is 60.7 cm³/mol. The van der Waals surface area contributed by atoms with Crippen LogP contribution in [0.4, 0.5) is 5.69 Å². The van der Waals surface area contributed by atoms with Crippen molar-refractivity contribution in [2.24, 2.45) is 0 Å². The molecule has 0 spiro atoms. The van der Waals surface area contributed by atoms with Crippen LogP contribution >= 0.6 is 0 Å². The minimum absolute atomic E-state index is 0.598. The van der Waals surface area contributed by atoms with Gasteiger partial charge in [0.15, 0.2) is 0 Å². The average Bonchev–Trinajstić information content (AvgIpc) is 2.29. The molecular weight excluding hydrogens is 188 g/mol. The van der Waals surface area contributed by atoms with E-state index in [4.69, 9.17) is 10.5 Å². The highest BCUT2D eigenvalue weighted by atomic mass is 16.5. The first-order valence-electron chi connectivity index (χ1n) is 4.83. The molecule has 2 N–H and O–H groups in total. The number of nitrogen functional groups attached to an aromatic ring is 1. The van der Waals surface area contributed by atoms with Gasteiger partial charge in [0.2, 0.25) is 0 Å². The Bertz CT molecular complexity index is 561. The lowest BCUT2D eigenvalue weighted by Crippen LogP contribution is -2.03. The van der Waals surface area contributed by atoms with Crippen molar-refractivity contribution in [2.75, 3.05) is 12.3 Å². The molecule has 0 radical (unpaired) electrons. The van der Waals surface area contributed by atoms with E-state index >= 15 is 0 Å². The Kier molecular flexibility index (Phi) is 1.65. The Hall–Kier alpha value is -2.03. The molecule has 0 atom stereocenters. The van der Waals surface area contributed by atoms with Crippen LogP contribution in [-0.2, 0) is 0 Å². The Balaban J connectivity index is 2.45. The second kappa shape index (κ2) is 2.98. The highest BCUT2D eigenvalue weighted by molar-refractivity contribution is 5.97. The molecule has 74 valence electrons. The molecule has 2 aromatic rings. The summed E-state index contributed by atoms with van der Waals surface area (Å²) >= 11 is 0. The molecule has 0 aliphatic carbocycles. The summed E-state index contributed by atoms with van der Waals surface area (Å²) in [7, 11) is 0. The molecule has 0 bridgehead atoms. The first-order chi connectivity index (χ1) is 7.36. The number of hydrogen-bond acceptors (Lipinski definition) is 3. The molecule has 0 amide bonds. The molecule has 1 aliphatic heterocycles. The summed E-state index contributed by atoms with van der Waals surface area (Å²) in [6.45, 7) is 0.598. The summed E-state index contributed by atoms with van der Waals surface area (Å²) in [5, 5.41) is 0.916. The van der Waals surface area contributed by atoms with Crippen molar-refractivity contribution in [1.82, 2.24) is 4.98 Å². The van der Waals surface area contributed by atoms with E-state index in [1.807, 2.05) is 36.5 Å². The van der Waals surface area contributed by atoms with Crippen molar-refractivity contribution >= 4 is 22.7 Å². The van der Waals surface area contributed by atoms with Crippen molar-refractivity contribution in [3.8, 4) is 5.75 Å². The molecule has 1 aromatic heterocycles. The monoisotopic (exact) mass is 198 g/mol. The van der Waals surface area contributed by atoms with E-state index in [0.717, 1.165) is 22.2 Å². The molecule has 1 aliphatic rings. The third kappa shape index (κ3) is 1.16. The van der Waals surface area contributed by atoms with Crippen LogP contribution in [0.3, 0.4) is 0 Å². The number of anilines is 1. The number of ether oxygens (including phenoxy) is 1. The van der Waals surface area contributed by atoms with Gasteiger partial charge < -0.3 is 10.5 Å². The zero-order chi connectivity index (χ0) is 10.3. The topological polar surface area (TPSA) is 48.1 Å². The lowest BCUT2D eigenvalue weighted by atomic mass is 10.1. The highest BCUT2D eigenvalue weighted by Gasteiger charge is 2.12. The summed E-state index contributed by atoms with van der Waals surface area (Å²) in [5.41, 5.74) is 8.52. The van der Waals surface area contributed by atoms with Gasteiger partial charge in [-0.05, 0) is 18.2 Å². The van der Waals surface area contributed by atoms with Crippen molar-refractivity contribution in [3.05, 3.63) is 36.0 Å². The Morgan fingerprint density at radius 1 is 1.33 bits per heavy atom. The fourth-order valence-corrected chi connectivity index (χ4v) is 1.84. The van der Waals surface area contributed by atoms with Crippen molar-refractivity contribution in [2.45, 2.75) is 0 Å². The lowest BCUT2D eigenvalue weighted by molar-refractivity contribution is 0.363. The summed E-state index contributed by atoms with van der Waals surface area (Å²) < 4.78 is 5.61. The van der Waals surface area contributed by atoms with E-state index in [2.05, 4.69) is 4.98 Å². The van der Waals surface area contributed by atoms with Crippen molar-refractivity contribution < 1.29 is 4.74 Å². The van der Waals surface area contributed by atoms with Crippen LogP contribution in [0, 0.1) is 0 Å². The van der Waals surface area contributed by atoms with Crippen LogP contribution < -0.4 is 10.5 Å². The van der Waals surface area contributed by atoms with Crippen LogP contribution in [-0.4, -0.2) is 11.6 Å². The van der Waals surface area contributed by atoms with E-state index < -0.39 is 0 Å². The quantitative estimate of drug-likeness (QED) is 0.660. The van der Waals surface area contributed by atoms with Gasteiger partial charge in [-0.2, -0.15) is 0 Å². The normalized spacial score (nSPS) is 13.6. The van der Waals surface area contributed by atoms with Gasteiger partial charge in [-0.1, -0.05) is 12.1 Å². The van der Waals surface area contributed by atoms with E-state index in [1.165, 1.54) is 0 Å². The summed E-state index contributed by atoms with van der Waals surface area (Å²) in [6, 6.07) is 5.70. The third-order valence-corrected chi connectivity index (χ3v) is 2.53. The van der Waals surface area contributed by atoms with E-state index in [0.29, 0.717) is 12.3 Å². The molecule has 0 fully saturated rings. The fraction of sp³-hybridized carbons (Fsp3) is 0.0833. The average molecular weight is 198 g/mol. The van der Waals surface area contributed by atoms with Crippen LogP contribution in [0.2, 0.25) is 0 Å². The molecule has 3 rings (SSSR count). The first-order valence-corrected chi connectivity index (χ1v) is 4.83. The second-order valence-electron chi connectivity index (χ2n) is 3.50. The Morgan fingerprint density at radius 3 is 3.20 bits per heavy atom. The van der Waals surface area contributed by atoms with Crippen LogP contribution in [0.15, 0.2) is 30.5 Å². The number of fused-ring (bicyclic) bond motifs is 3. The number of nitrogens with zero attached hydrogens (tertiary/aromatic N) is 1. The van der Waals surface area contributed by atoms with Gasteiger partial charge in [0.1, 0.15) is 12.4 Å². The molecule has 3 heteroatoms. The number of hydrogen-bond donors (Lipinski definition) is 1. The number of aromatic nitrogens is 1. The summed E-state index contributed by atoms with van der Waals surface area (Å²) in [5.74, 6) is 0.848. The zero-order valence-electron chi connectivity index (χ0n) is 8.10. The van der Waals surface area contributed by atoms with Gasteiger partial charge in [-0.25, -0.2) is 0 Å². The molecule has 0 saturated carbocycles. The fourth-order valence-electron chi connectivity index (χ4n) is 1.84. The van der Waals surface area contributed by atoms with E-state index in [1.54, 1.807) is 0 Å². The molecule has 3 nitrogen and oxygen atoms in total. The molecule has 0 saturated heterocycles. The largest absolute Gasteiger partial charge is 0.488 e. The number of pyridine rings is 1. The number of benzene rings is 1. The Morgan fingerprint density at radius 2 is 2.27 bits per heavy atom. The predicted octanol–water partition coefficient (Wildman–Crippen LogP) is 2.22. The maximum Gasteiger partial charge on any atom is 0.140 e. The van der Waals surface area contributed by atoms with Crippen molar-refractivity contribution in [3.63, 3.8) is 0 Å². The molecule has 2 heterocycles. The number of rotatable bonds is 0. The van der Waals surface area contributed by atoms with E-state index in [-0.39, 0.29) is 0 Å². The minimum atomic E-state index is 0.598. The standard InChI is InChI=1S/C12H10N2O/c13-9-4-1-5-10-11(9)12-8(7-14-10)3-2-6-15-12/h1-5,7H,6,13H2. The first kappa shape index (κ1) is 8.29. The Labute approximate surface area is 87.2 Å². The zero-order valence-corrected chi connectivity index (χ0v) is 8.10. The van der Waals surface area contributed by atoms with Crippen LogP contribution in [0.25, 0.3) is 17.0 Å². The molecule has 15 heavy (non-hydrogen) atoms. The second-order valence-corrected chi connectivity index (χ2v) is 3.50. The number of nitrogens with two attached hydrogens (primary N) is 1. The molecule has 1 aromatic carbocycles. The van der Waals surface area contributed by atoms with Gasteiger partial charge in [-0.15, -0.1) is 0 Å². The highest BCUT2D eigenvalue weighted by Crippen LogP contribution is 2.34. The van der Waals surface area contributed by atoms with Gasteiger partial charge >= 0.3 is 0 Å². The van der Waals surface area contributed by atoms with E-state index in [9.17, 15) is 0 Å².